The van der Waals surface area contributed by atoms with Crippen molar-refractivity contribution in [3.63, 3.8) is 0 Å². The zero-order chi connectivity index (χ0) is 16.4. The Balaban J connectivity index is 1.69. The summed E-state index contributed by atoms with van der Waals surface area (Å²) in [5.74, 6) is 0.458. The second kappa shape index (κ2) is 5.81. The third-order valence-electron chi connectivity index (χ3n) is 3.59. The Hall–Kier alpha value is -3.73. The maximum Gasteiger partial charge on any atom is 0.229 e. The molecular formula is C16H12N8. The number of hydrogen-bond acceptors (Lipinski definition) is 6. The lowest BCUT2D eigenvalue weighted by Crippen LogP contribution is -2.05. The smallest absolute Gasteiger partial charge is 0.229 e. The van der Waals surface area contributed by atoms with Gasteiger partial charge in [-0.2, -0.15) is 20.4 Å². The van der Waals surface area contributed by atoms with Crippen molar-refractivity contribution in [2.24, 2.45) is 0 Å². The monoisotopic (exact) mass is 316 g/mol. The topological polar surface area (TPSA) is 108 Å². The second-order valence-electron chi connectivity index (χ2n) is 5.16. The Morgan fingerprint density at radius 2 is 2.12 bits per heavy atom. The molecule has 4 rings (SSSR count). The minimum absolute atomic E-state index is 0.458. The number of fused-ring (bicyclic) bond motifs is 1. The summed E-state index contributed by atoms with van der Waals surface area (Å²) in [4.78, 5) is 8.78. The van der Waals surface area contributed by atoms with E-state index in [1.54, 1.807) is 35.5 Å². The molecule has 3 heterocycles. The Kier molecular flexibility index (Phi) is 3.37. The number of rotatable bonds is 4. The van der Waals surface area contributed by atoms with Gasteiger partial charge in [-0.15, -0.1) is 0 Å². The van der Waals surface area contributed by atoms with Gasteiger partial charge >= 0.3 is 0 Å². The van der Waals surface area contributed by atoms with Crippen LogP contribution in [-0.4, -0.2) is 29.9 Å². The minimum Gasteiger partial charge on any atom is -0.321 e. The van der Waals surface area contributed by atoms with Gasteiger partial charge in [0.15, 0.2) is 5.65 Å². The highest BCUT2D eigenvalue weighted by molar-refractivity contribution is 5.75. The molecule has 24 heavy (non-hydrogen) atoms. The molecule has 4 aromatic rings. The van der Waals surface area contributed by atoms with Gasteiger partial charge in [0.2, 0.25) is 5.95 Å². The van der Waals surface area contributed by atoms with Gasteiger partial charge in [-0.05, 0) is 11.6 Å². The molecule has 0 saturated carbocycles. The van der Waals surface area contributed by atoms with Crippen molar-refractivity contribution in [2.75, 3.05) is 5.32 Å². The number of aromatic amines is 1. The predicted molar refractivity (Wildman–Crippen MR) is 87.5 cm³/mol. The van der Waals surface area contributed by atoms with Gasteiger partial charge in [0.05, 0.1) is 41.6 Å². The molecule has 0 unspecified atom stereocenters. The summed E-state index contributed by atoms with van der Waals surface area (Å²) in [5, 5.41) is 24.1. The van der Waals surface area contributed by atoms with Crippen molar-refractivity contribution in [1.82, 2.24) is 29.9 Å². The fourth-order valence-corrected chi connectivity index (χ4v) is 2.42. The van der Waals surface area contributed by atoms with E-state index in [2.05, 4.69) is 36.7 Å². The van der Waals surface area contributed by atoms with Crippen molar-refractivity contribution in [3.8, 4) is 6.07 Å². The Morgan fingerprint density at radius 3 is 2.96 bits per heavy atom. The van der Waals surface area contributed by atoms with Gasteiger partial charge in [0, 0.05) is 12.4 Å². The Morgan fingerprint density at radius 1 is 1.21 bits per heavy atom. The molecule has 8 nitrogen and oxygen atoms in total. The Bertz CT molecular complexity index is 1030. The average Bonchev–Trinajstić information content (AvgIpc) is 3.26. The lowest BCUT2D eigenvalue weighted by molar-refractivity contribution is 0.703. The van der Waals surface area contributed by atoms with Crippen molar-refractivity contribution < 1.29 is 0 Å². The summed E-state index contributed by atoms with van der Waals surface area (Å²) < 4.78 is 1.76. The van der Waals surface area contributed by atoms with Gasteiger partial charge in [0.25, 0.3) is 0 Å². The fraction of sp³-hybridized carbons (Fsp3) is 0.0625. The highest BCUT2D eigenvalue weighted by Crippen LogP contribution is 2.17. The number of hydrogen-bond donors (Lipinski definition) is 2. The largest absolute Gasteiger partial charge is 0.321 e. The van der Waals surface area contributed by atoms with Crippen LogP contribution in [0.2, 0.25) is 0 Å². The van der Waals surface area contributed by atoms with Gasteiger partial charge < -0.3 is 5.32 Å². The summed E-state index contributed by atoms with van der Waals surface area (Å²) in [6.07, 6.45) is 6.79. The van der Waals surface area contributed by atoms with E-state index in [0.29, 0.717) is 23.7 Å². The SMILES string of the molecule is N#Cc1ccccc1Cn1ncc2cnc(Nc3cn[nH]c3)nc21. The van der Waals surface area contributed by atoms with Crippen molar-refractivity contribution >= 4 is 22.7 Å². The van der Waals surface area contributed by atoms with Crippen LogP contribution in [0.5, 0.6) is 0 Å². The number of H-pyrrole nitrogens is 1. The maximum absolute atomic E-state index is 9.22. The van der Waals surface area contributed by atoms with Crippen molar-refractivity contribution in [1.29, 1.82) is 5.26 Å². The van der Waals surface area contributed by atoms with Crippen LogP contribution in [0.15, 0.2) is 49.1 Å². The van der Waals surface area contributed by atoms with E-state index >= 15 is 0 Å². The third-order valence-corrected chi connectivity index (χ3v) is 3.59. The molecule has 8 heteroatoms. The molecule has 0 radical (unpaired) electrons. The van der Waals surface area contributed by atoms with Gasteiger partial charge in [0.1, 0.15) is 0 Å². The van der Waals surface area contributed by atoms with Crippen LogP contribution >= 0.6 is 0 Å². The molecule has 2 N–H and O–H groups in total. The summed E-state index contributed by atoms with van der Waals surface area (Å²) in [5.41, 5.74) is 3.00. The van der Waals surface area contributed by atoms with E-state index in [4.69, 9.17) is 0 Å². The molecule has 0 atom stereocenters. The molecule has 0 amide bonds. The zero-order valence-corrected chi connectivity index (χ0v) is 12.5. The second-order valence-corrected chi connectivity index (χ2v) is 5.16. The highest BCUT2D eigenvalue weighted by Gasteiger charge is 2.09. The van der Waals surface area contributed by atoms with E-state index in [-0.39, 0.29) is 0 Å². The van der Waals surface area contributed by atoms with Gasteiger partial charge in [-0.25, -0.2) is 9.67 Å². The van der Waals surface area contributed by atoms with E-state index in [9.17, 15) is 5.26 Å². The number of nitriles is 1. The standard InChI is InChI=1S/C16H12N8/c17-5-11-3-1-2-4-12(11)10-24-15-13(7-21-24)6-18-16(23-15)22-14-8-19-20-9-14/h1-4,6-9H,10H2,(H,19,20)(H,18,22,23). The Labute approximate surface area is 136 Å². The summed E-state index contributed by atoms with van der Waals surface area (Å²) >= 11 is 0. The first kappa shape index (κ1) is 13.9. The van der Waals surface area contributed by atoms with Crippen LogP contribution in [0.25, 0.3) is 11.0 Å². The van der Waals surface area contributed by atoms with Crippen LogP contribution < -0.4 is 5.32 Å². The normalized spacial score (nSPS) is 10.6. The predicted octanol–water partition coefficient (Wildman–Crippen LogP) is 2.21. The summed E-state index contributed by atoms with van der Waals surface area (Å²) in [7, 11) is 0. The number of anilines is 2. The third kappa shape index (κ3) is 2.55. The highest BCUT2D eigenvalue weighted by atomic mass is 15.3. The molecule has 0 bridgehead atoms. The molecule has 0 fully saturated rings. The van der Waals surface area contributed by atoms with Crippen LogP contribution in [0.4, 0.5) is 11.6 Å². The fourth-order valence-electron chi connectivity index (χ4n) is 2.42. The number of nitrogens with zero attached hydrogens (tertiary/aromatic N) is 6. The lowest BCUT2D eigenvalue weighted by Gasteiger charge is -2.06. The average molecular weight is 316 g/mol. The molecule has 3 aromatic heterocycles. The van der Waals surface area contributed by atoms with E-state index in [1.807, 2.05) is 18.2 Å². The number of nitrogens with one attached hydrogen (secondary N) is 2. The van der Waals surface area contributed by atoms with Crippen molar-refractivity contribution in [2.45, 2.75) is 6.54 Å². The number of aromatic nitrogens is 6. The van der Waals surface area contributed by atoms with Gasteiger partial charge in [-0.3, -0.25) is 5.10 Å². The lowest BCUT2D eigenvalue weighted by atomic mass is 10.1. The van der Waals surface area contributed by atoms with Crippen molar-refractivity contribution in [3.05, 3.63) is 60.2 Å². The van der Waals surface area contributed by atoms with Crippen LogP contribution in [-0.2, 0) is 6.54 Å². The molecule has 0 saturated heterocycles. The quantitative estimate of drug-likeness (QED) is 0.597. The first-order valence-electron chi connectivity index (χ1n) is 7.26. The maximum atomic E-state index is 9.22. The van der Waals surface area contributed by atoms with Crippen LogP contribution in [0.3, 0.4) is 0 Å². The van der Waals surface area contributed by atoms with Crippen LogP contribution in [0, 0.1) is 11.3 Å². The molecular weight excluding hydrogens is 304 g/mol. The molecule has 0 aliphatic rings. The van der Waals surface area contributed by atoms with Gasteiger partial charge in [-0.1, -0.05) is 18.2 Å². The first-order valence-corrected chi connectivity index (χ1v) is 7.26. The molecule has 116 valence electrons. The van der Waals surface area contributed by atoms with Crippen LogP contribution in [0.1, 0.15) is 11.1 Å². The number of benzene rings is 1. The van der Waals surface area contributed by atoms with E-state index < -0.39 is 0 Å². The minimum atomic E-state index is 0.458. The first-order chi connectivity index (χ1) is 11.8. The summed E-state index contributed by atoms with van der Waals surface area (Å²) in [6.45, 7) is 0.468. The molecule has 1 aromatic carbocycles. The van der Waals surface area contributed by atoms with E-state index in [1.165, 1.54) is 0 Å². The molecule has 0 aliphatic heterocycles. The van der Waals surface area contributed by atoms with E-state index in [0.717, 1.165) is 16.6 Å². The molecule has 0 spiro atoms. The molecule has 0 aliphatic carbocycles. The zero-order valence-electron chi connectivity index (χ0n) is 12.5. The summed E-state index contributed by atoms with van der Waals surface area (Å²) in [6, 6.07) is 9.66.